The predicted molar refractivity (Wildman–Crippen MR) is 135 cm³/mol. The largest absolute Gasteiger partial charge is 0.279 e. The number of sulfonamides is 2. The number of carbonyl (C=O) groups is 2. The van der Waals surface area contributed by atoms with Crippen LogP contribution in [0.3, 0.4) is 0 Å². The highest BCUT2D eigenvalue weighted by Crippen LogP contribution is 2.26. The lowest BCUT2D eigenvalue weighted by Gasteiger charge is -2.23. The smallest absolute Gasteiger partial charge is 0.271 e. The topological polar surface area (TPSA) is 142 Å². The molecule has 2 amide bonds. The highest BCUT2D eigenvalue weighted by molar-refractivity contribution is 7.94. The molecule has 1 aliphatic heterocycles. The van der Waals surface area contributed by atoms with E-state index in [1.165, 1.54) is 42.5 Å². The van der Waals surface area contributed by atoms with Crippen molar-refractivity contribution in [3.05, 3.63) is 77.2 Å². The van der Waals surface area contributed by atoms with Crippen LogP contribution in [0.1, 0.15) is 28.8 Å². The van der Waals surface area contributed by atoms with Gasteiger partial charge in [-0.05, 0) is 67.6 Å². The lowest BCUT2D eigenvalue weighted by Crippen LogP contribution is -2.51. The van der Waals surface area contributed by atoms with E-state index in [0.717, 1.165) is 21.2 Å². The Labute approximate surface area is 213 Å². The number of nitrogens with zero attached hydrogens (tertiary/aromatic N) is 1. The zero-order valence-electron chi connectivity index (χ0n) is 19.2. The van der Waals surface area contributed by atoms with Gasteiger partial charge in [-0.2, -0.15) is 4.31 Å². The molecule has 1 atom stereocenters. The van der Waals surface area contributed by atoms with Gasteiger partial charge in [0.15, 0.2) is 0 Å². The van der Waals surface area contributed by atoms with Crippen LogP contribution in [0.5, 0.6) is 0 Å². The van der Waals surface area contributed by atoms with Gasteiger partial charge >= 0.3 is 0 Å². The number of hydrazine groups is 1. The van der Waals surface area contributed by atoms with E-state index in [9.17, 15) is 26.4 Å². The first-order valence-electron chi connectivity index (χ1n) is 10.9. The van der Waals surface area contributed by atoms with Gasteiger partial charge in [0, 0.05) is 17.8 Å². The predicted octanol–water partition coefficient (Wildman–Crippen LogP) is 2.47. The molecule has 0 aliphatic carbocycles. The summed E-state index contributed by atoms with van der Waals surface area (Å²) < 4.78 is 54.4. The van der Waals surface area contributed by atoms with Gasteiger partial charge in [-0.1, -0.05) is 23.8 Å². The summed E-state index contributed by atoms with van der Waals surface area (Å²) >= 11 is 1.08. The third-order valence-electron chi connectivity index (χ3n) is 5.59. The summed E-state index contributed by atoms with van der Waals surface area (Å²) in [6, 6.07) is 14.2. The molecule has 3 N–H and O–H groups in total. The summed E-state index contributed by atoms with van der Waals surface area (Å²) in [6.07, 6.45) is 0.839. The third-order valence-corrected chi connectivity index (χ3v) is 10.3. The molecule has 4 rings (SSSR count). The van der Waals surface area contributed by atoms with Crippen LogP contribution in [0.25, 0.3) is 0 Å². The number of aryl methyl sites for hydroxylation is 1. The van der Waals surface area contributed by atoms with E-state index in [-0.39, 0.29) is 26.9 Å². The Kier molecular flexibility index (Phi) is 7.45. The third kappa shape index (κ3) is 5.59. The van der Waals surface area contributed by atoms with Crippen molar-refractivity contribution >= 4 is 48.9 Å². The van der Waals surface area contributed by atoms with Crippen LogP contribution in [-0.2, 0) is 24.8 Å². The van der Waals surface area contributed by atoms with E-state index in [2.05, 4.69) is 15.6 Å². The van der Waals surface area contributed by atoms with Gasteiger partial charge in [0.25, 0.3) is 21.8 Å². The van der Waals surface area contributed by atoms with Crippen molar-refractivity contribution < 1.29 is 26.4 Å². The molecule has 1 aromatic heterocycles. The fraction of sp³-hybridized carbons (Fsp3) is 0.217. The number of benzene rings is 2. The van der Waals surface area contributed by atoms with E-state index >= 15 is 0 Å². The number of thiophene rings is 1. The molecule has 1 aliphatic rings. The average Bonchev–Trinajstić information content (AvgIpc) is 3.56. The summed E-state index contributed by atoms with van der Waals surface area (Å²) in [4.78, 5) is 25.3. The van der Waals surface area contributed by atoms with Crippen molar-refractivity contribution in [2.75, 3.05) is 11.3 Å². The van der Waals surface area contributed by atoms with E-state index in [1.807, 2.05) is 6.92 Å². The molecule has 0 bridgehead atoms. The molecule has 190 valence electrons. The number of carbonyl (C=O) groups excluding carboxylic acids is 2. The van der Waals surface area contributed by atoms with Crippen LogP contribution >= 0.6 is 11.3 Å². The van der Waals surface area contributed by atoms with Gasteiger partial charge in [-0.25, -0.2) is 16.8 Å². The van der Waals surface area contributed by atoms with Crippen molar-refractivity contribution in [3.63, 3.8) is 0 Å². The lowest BCUT2D eigenvalue weighted by molar-refractivity contribution is -0.125. The van der Waals surface area contributed by atoms with Crippen LogP contribution in [0.2, 0.25) is 0 Å². The van der Waals surface area contributed by atoms with Crippen LogP contribution in [0.4, 0.5) is 5.69 Å². The summed E-state index contributed by atoms with van der Waals surface area (Å²) in [5.41, 5.74) is 5.95. The zero-order chi connectivity index (χ0) is 25.9. The maximum Gasteiger partial charge on any atom is 0.271 e. The fourth-order valence-corrected chi connectivity index (χ4v) is 7.43. The van der Waals surface area contributed by atoms with Crippen LogP contribution in [0, 0.1) is 6.92 Å². The summed E-state index contributed by atoms with van der Waals surface area (Å²) in [5.74, 6) is -1.28. The Balaban J connectivity index is 1.36. The number of nitrogens with one attached hydrogen (secondary N) is 3. The molecule has 1 saturated heterocycles. The summed E-state index contributed by atoms with van der Waals surface area (Å²) in [7, 11) is -7.59. The first kappa shape index (κ1) is 25.8. The minimum Gasteiger partial charge on any atom is -0.279 e. The first-order chi connectivity index (χ1) is 17.1. The number of hydrogen-bond acceptors (Lipinski definition) is 7. The molecule has 1 fully saturated rings. The number of rotatable bonds is 7. The molecule has 36 heavy (non-hydrogen) atoms. The fourth-order valence-electron chi connectivity index (χ4n) is 3.72. The maximum atomic E-state index is 13.0. The molecule has 0 spiro atoms. The molecule has 10 nitrogen and oxygen atoms in total. The Bertz CT molecular complexity index is 1450. The number of hydrogen-bond donors (Lipinski definition) is 3. The van der Waals surface area contributed by atoms with Crippen molar-refractivity contribution in [3.8, 4) is 0 Å². The number of amides is 2. The average molecular weight is 549 g/mol. The normalized spacial score (nSPS) is 16.4. The quantitative estimate of drug-likeness (QED) is 0.387. The second kappa shape index (κ2) is 10.4. The van der Waals surface area contributed by atoms with Gasteiger partial charge in [0.1, 0.15) is 10.3 Å². The molecular formula is C23H24N4O6S3. The molecule has 13 heteroatoms. The van der Waals surface area contributed by atoms with Gasteiger partial charge in [0.2, 0.25) is 10.0 Å². The Morgan fingerprint density at radius 3 is 2.28 bits per heavy atom. The molecule has 0 unspecified atom stereocenters. The van der Waals surface area contributed by atoms with Crippen LogP contribution < -0.4 is 15.6 Å². The van der Waals surface area contributed by atoms with E-state index in [0.29, 0.717) is 12.8 Å². The Morgan fingerprint density at radius 1 is 0.944 bits per heavy atom. The second-order valence-corrected chi connectivity index (χ2v) is 12.9. The second-order valence-electron chi connectivity index (χ2n) is 8.15. The van der Waals surface area contributed by atoms with E-state index in [4.69, 9.17) is 0 Å². The molecule has 3 aromatic rings. The minimum atomic E-state index is -3.87. The lowest BCUT2D eigenvalue weighted by atomic mass is 10.2. The summed E-state index contributed by atoms with van der Waals surface area (Å²) in [6.45, 7) is 2.05. The Morgan fingerprint density at radius 2 is 1.64 bits per heavy atom. The van der Waals surface area contributed by atoms with Crippen LogP contribution in [0.15, 0.2) is 75.1 Å². The van der Waals surface area contributed by atoms with E-state index < -0.39 is 37.9 Å². The highest BCUT2D eigenvalue weighted by atomic mass is 32.2. The monoisotopic (exact) mass is 548 g/mol. The molecule has 0 radical (unpaired) electrons. The molecule has 2 heterocycles. The Hall–Kier alpha value is -3.26. The van der Waals surface area contributed by atoms with Crippen molar-refractivity contribution in [2.24, 2.45) is 0 Å². The van der Waals surface area contributed by atoms with Crippen molar-refractivity contribution in [2.45, 2.75) is 34.9 Å². The van der Waals surface area contributed by atoms with Crippen LogP contribution in [-0.4, -0.2) is 45.5 Å². The number of anilines is 1. The van der Waals surface area contributed by atoms with Gasteiger partial charge in [-0.3, -0.25) is 25.2 Å². The van der Waals surface area contributed by atoms with Gasteiger partial charge in [0.05, 0.1) is 4.90 Å². The minimum absolute atomic E-state index is 0.103. The standard InChI is InChI=1S/C23H24N4O6S3/c1-16-6-12-19(13-7-16)36(32,33)27-14-2-4-20(27)23(29)25-24-22(28)17-8-10-18(11-9-17)26-35(30,31)21-5-3-15-34-21/h3,5-13,15,20,26H,2,4,14H2,1H3,(H,24,28)(H,25,29)/t20-/m1/s1. The highest BCUT2D eigenvalue weighted by Gasteiger charge is 2.39. The van der Waals surface area contributed by atoms with Crippen molar-refractivity contribution in [1.29, 1.82) is 0 Å². The van der Waals surface area contributed by atoms with E-state index in [1.54, 1.807) is 23.6 Å². The van der Waals surface area contributed by atoms with Crippen molar-refractivity contribution in [1.82, 2.24) is 15.2 Å². The first-order valence-corrected chi connectivity index (χ1v) is 14.7. The zero-order valence-corrected chi connectivity index (χ0v) is 21.6. The molecule has 2 aromatic carbocycles. The molecular weight excluding hydrogens is 524 g/mol. The SMILES string of the molecule is Cc1ccc(S(=O)(=O)N2CCC[C@@H]2C(=O)NNC(=O)c2ccc(NS(=O)(=O)c3cccs3)cc2)cc1. The van der Waals surface area contributed by atoms with Gasteiger partial charge in [-0.15, -0.1) is 11.3 Å². The molecule has 0 saturated carbocycles. The summed E-state index contributed by atoms with van der Waals surface area (Å²) in [5, 5.41) is 1.65. The van der Waals surface area contributed by atoms with Gasteiger partial charge < -0.3 is 0 Å². The maximum absolute atomic E-state index is 13.0.